The standard InChI is InChI=1S/C15H18FNO2/c1-10-4-2-5-11(14(10)16)15(18)17-8-9-19-13-7-3-6-12(13)17/h2,4-5,12-13H,3,6-9H2,1H3. The van der Waals surface area contributed by atoms with E-state index in [4.69, 9.17) is 4.74 Å². The van der Waals surface area contributed by atoms with Crippen molar-refractivity contribution < 1.29 is 13.9 Å². The molecule has 3 nitrogen and oxygen atoms in total. The second kappa shape index (κ2) is 4.93. The van der Waals surface area contributed by atoms with Crippen LogP contribution in [0.1, 0.15) is 35.2 Å². The summed E-state index contributed by atoms with van der Waals surface area (Å²) in [4.78, 5) is 14.4. The summed E-state index contributed by atoms with van der Waals surface area (Å²) in [5.74, 6) is -0.588. The molecule has 1 aliphatic heterocycles. The van der Waals surface area contributed by atoms with E-state index in [0.29, 0.717) is 18.7 Å². The number of nitrogens with zero attached hydrogens (tertiary/aromatic N) is 1. The average Bonchev–Trinajstić information content (AvgIpc) is 2.89. The van der Waals surface area contributed by atoms with Crippen molar-refractivity contribution in [2.24, 2.45) is 0 Å². The Morgan fingerprint density at radius 3 is 3.11 bits per heavy atom. The van der Waals surface area contributed by atoms with Crippen molar-refractivity contribution >= 4 is 5.91 Å². The molecule has 0 N–H and O–H groups in total. The van der Waals surface area contributed by atoms with Crippen LogP contribution in [0.5, 0.6) is 0 Å². The Labute approximate surface area is 112 Å². The van der Waals surface area contributed by atoms with Crippen LogP contribution in [0.25, 0.3) is 0 Å². The Hall–Kier alpha value is -1.42. The minimum atomic E-state index is -0.395. The number of halogens is 1. The number of aryl methyl sites for hydroxylation is 1. The Morgan fingerprint density at radius 1 is 1.42 bits per heavy atom. The Morgan fingerprint density at radius 2 is 2.26 bits per heavy atom. The summed E-state index contributed by atoms with van der Waals surface area (Å²) >= 11 is 0. The van der Waals surface area contributed by atoms with Crippen LogP contribution in [0.4, 0.5) is 4.39 Å². The third kappa shape index (κ3) is 2.14. The van der Waals surface area contributed by atoms with Crippen molar-refractivity contribution in [3.63, 3.8) is 0 Å². The van der Waals surface area contributed by atoms with Gasteiger partial charge < -0.3 is 9.64 Å². The largest absolute Gasteiger partial charge is 0.374 e. The van der Waals surface area contributed by atoms with Gasteiger partial charge in [0.05, 0.1) is 24.3 Å². The first-order chi connectivity index (χ1) is 9.18. The molecule has 2 unspecified atom stereocenters. The van der Waals surface area contributed by atoms with Crippen LogP contribution in [0.15, 0.2) is 18.2 Å². The van der Waals surface area contributed by atoms with Gasteiger partial charge in [0.2, 0.25) is 0 Å². The van der Waals surface area contributed by atoms with E-state index in [9.17, 15) is 9.18 Å². The summed E-state index contributed by atoms with van der Waals surface area (Å²) in [7, 11) is 0. The molecule has 19 heavy (non-hydrogen) atoms. The summed E-state index contributed by atoms with van der Waals surface area (Å²) in [5.41, 5.74) is 0.703. The SMILES string of the molecule is Cc1cccc(C(=O)N2CCOC3CCCC32)c1F. The molecular formula is C15H18FNO2. The van der Waals surface area contributed by atoms with Gasteiger partial charge >= 0.3 is 0 Å². The molecule has 2 fully saturated rings. The van der Waals surface area contributed by atoms with E-state index < -0.39 is 5.82 Å². The molecule has 1 saturated carbocycles. The maximum absolute atomic E-state index is 14.1. The third-order valence-electron chi connectivity index (χ3n) is 4.17. The molecule has 0 bridgehead atoms. The van der Waals surface area contributed by atoms with Gasteiger partial charge in [-0.05, 0) is 37.8 Å². The van der Waals surface area contributed by atoms with Crippen molar-refractivity contribution in [1.82, 2.24) is 4.90 Å². The lowest BCUT2D eigenvalue weighted by molar-refractivity contribution is -0.0446. The van der Waals surface area contributed by atoms with Crippen molar-refractivity contribution in [2.75, 3.05) is 13.2 Å². The first-order valence-electron chi connectivity index (χ1n) is 6.86. The summed E-state index contributed by atoms with van der Waals surface area (Å²) in [5, 5.41) is 0. The minimum absolute atomic E-state index is 0.126. The highest BCUT2D eigenvalue weighted by Crippen LogP contribution is 2.31. The van der Waals surface area contributed by atoms with E-state index in [-0.39, 0.29) is 23.6 Å². The maximum Gasteiger partial charge on any atom is 0.257 e. The number of carbonyl (C=O) groups is 1. The fourth-order valence-electron chi connectivity index (χ4n) is 3.15. The molecule has 1 aromatic carbocycles. The van der Waals surface area contributed by atoms with E-state index >= 15 is 0 Å². The zero-order chi connectivity index (χ0) is 13.4. The number of rotatable bonds is 1. The number of carbonyl (C=O) groups excluding carboxylic acids is 1. The number of hydrogen-bond donors (Lipinski definition) is 0. The molecule has 3 rings (SSSR count). The molecule has 1 heterocycles. The van der Waals surface area contributed by atoms with Gasteiger partial charge in [-0.2, -0.15) is 0 Å². The van der Waals surface area contributed by atoms with Gasteiger partial charge in [-0.1, -0.05) is 12.1 Å². The summed E-state index contributed by atoms with van der Waals surface area (Å²) in [6, 6.07) is 5.12. The number of benzene rings is 1. The lowest BCUT2D eigenvalue weighted by atomic mass is 10.1. The highest BCUT2D eigenvalue weighted by molar-refractivity contribution is 5.95. The molecule has 1 aromatic rings. The van der Waals surface area contributed by atoms with E-state index in [1.165, 1.54) is 0 Å². The molecule has 0 radical (unpaired) electrons. The Balaban J connectivity index is 1.88. The number of fused-ring (bicyclic) bond motifs is 1. The van der Waals surface area contributed by atoms with Gasteiger partial charge in [-0.15, -0.1) is 0 Å². The highest BCUT2D eigenvalue weighted by Gasteiger charge is 2.39. The smallest absolute Gasteiger partial charge is 0.257 e. The van der Waals surface area contributed by atoms with Crippen molar-refractivity contribution in [3.8, 4) is 0 Å². The first kappa shape index (κ1) is 12.6. The van der Waals surface area contributed by atoms with Crippen LogP contribution >= 0.6 is 0 Å². The average molecular weight is 263 g/mol. The molecule has 2 atom stereocenters. The van der Waals surface area contributed by atoms with Crippen LogP contribution in [0, 0.1) is 12.7 Å². The molecule has 4 heteroatoms. The molecule has 1 aliphatic carbocycles. The van der Waals surface area contributed by atoms with E-state index in [2.05, 4.69) is 0 Å². The summed E-state index contributed by atoms with van der Waals surface area (Å²) in [6.45, 7) is 2.80. The zero-order valence-electron chi connectivity index (χ0n) is 11.1. The zero-order valence-corrected chi connectivity index (χ0v) is 11.1. The summed E-state index contributed by atoms with van der Waals surface area (Å²) < 4.78 is 19.8. The van der Waals surface area contributed by atoms with Gasteiger partial charge in [0.1, 0.15) is 5.82 Å². The monoisotopic (exact) mass is 263 g/mol. The third-order valence-corrected chi connectivity index (χ3v) is 4.17. The van der Waals surface area contributed by atoms with Gasteiger partial charge in [0, 0.05) is 6.54 Å². The van der Waals surface area contributed by atoms with Gasteiger partial charge in [0.25, 0.3) is 5.91 Å². The van der Waals surface area contributed by atoms with Crippen LogP contribution in [-0.2, 0) is 4.74 Å². The van der Waals surface area contributed by atoms with Crippen LogP contribution in [0.2, 0.25) is 0 Å². The predicted octanol–water partition coefficient (Wildman–Crippen LogP) is 2.53. The molecule has 1 amide bonds. The molecule has 1 saturated heterocycles. The van der Waals surface area contributed by atoms with Gasteiger partial charge in [-0.3, -0.25) is 4.79 Å². The molecule has 102 valence electrons. The normalized spacial score (nSPS) is 26.3. The lowest BCUT2D eigenvalue weighted by Crippen LogP contribution is -2.51. The second-order valence-electron chi connectivity index (χ2n) is 5.34. The Kier molecular flexibility index (Phi) is 3.27. The van der Waals surface area contributed by atoms with Crippen LogP contribution < -0.4 is 0 Å². The fraction of sp³-hybridized carbons (Fsp3) is 0.533. The topological polar surface area (TPSA) is 29.5 Å². The number of ether oxygens (including phenoxy) is 1. The van der Waals surface area contributed by atoms with E-state index in [1.54, 1.807) is 30.0 Å². The summed E-state index contributed by atoms with van der Waals surface area (Å²) in [6.07, 6.45) is 3.19. The van der Waals surface area contributed by atoms with Crippen molar-refractivity contribution in [1.29, 1.82) is 0 Å². The second-order valence-corrected chi connectivity index (χ2v) is 5.34. The predicted molar refractivity (Wildman–Crippen MR) is 69.6 cm³/mol. The number of hydrogen-bond acceptors (Lipinski definition) is 2. The van der Waals surface area contributed by atoms with E-state index in [1.807, 2.05) is 0 Å². The fourth-order valence-corrected chi connectivity index (χ4v) is 3.15. The number of amides is 1. The van der Waals surface area contributed by atoms with Crippen molar-refractivity contribution in [3.05, 3.63) is 35.1 Å². The molecular weight excluding hydrogens is 245 g/mol. The lowest BCUT2D eigenvalue weighted by Gasteiger charge is -2.37. The maximum atomic E-state index is 14.1. The van der Waals surface area contributed by atoms with Gasteiger partial charge in [-0.25, -0.2) is 4.39 Å². The quantitative estimate of drug-likeness (QED) is 0.779. The van der Waals surface area contributed by atoms with Crippen molar-refractivity contribution in [2.45, 2.75) is 38.3 Å². The first-order valence-corrected chi connectivity index (χ1v) is 6.86. The van der Waals surface area contributed by atoms with Crippen LogP contribution in [-0.4, -0.2) is 36.1 Å². The molecule has 0 aromatic heterocycles. The van der Waals surface area contributed by atoms with Gasteiger partial charge in [0.15, 0.2) is 0 Å². The van der Waals surface area contributed by atoms with Crippen LogP contribution in [0.3, 0.4) is 0 Å². The molecule has 0 spiro atoms. The molecule has 2 aliphatic rings. The Bertz CT molecular complexity index is 503. The minimum Gasteiger partial charge on any atom is -0.374 e. The highest BCUT2D eigenvalue weighted by atomic mass is 19.1. The number of morpholine rings is 1. The van der Waals surface area contributed by atoms with E-state index in [0.717, 1.165) is 19.3 Å².